The second-order valence-corrected chi connectivity index (χ2v) is 7.34. The Morgan fingerprint density at radius 2 is 1.85 bits per heavy atom. The minimum atomic E-state index is -0.928. The lowest BCUT2D eigenvalue weighted by molar-refractivity contribution is -0.137. The Labute approximate surface area is 168 Å². The van der Waals surface area contributed by atoms with Gasteiger partial charge in [0.25, 0.3) is 0 Å². The van der Waals surface area contributed by atoms with Gasteiger partial charge in [0, 0.05) is 28.6 Å². The number of rotatable bonds is 4. The van der Waals surface area contributed by atoms with Gasteiger partial charge in [-0.25, -0.2) is 4.98 Å². The van der Waals surface area contributed by atoms with Gasteiger partial charge in [0.1, 0.15) is 11.5 Å². The van der Waals surface area contributed by atoms with Crippen LogP contribution in [0.5, 0.6) is 0 Å². The normalized spacial score (nSPS) is 10.8. The molecule has 0 aliphatic heterocycles. The lowest BCUT2D eigenvalue weighted by Crippen LogP contribution is -2.31. The molecular formula is C21H19ClN2O2S. The van der Waals surface area contributed by atoms with E-state index < -0.39 is 5.97 Å². The predicted octanol–water partition coefficient (Wildman–Crippen LogP) is 4.86. The average molecular weight is 399 g/mol. The molecule has 0 spiro atoms. The summed E-state index contributed by atoms with van der Waals surface area (Å²) < 4.78 is 0. The topological polar surface area (TPSA) is 53.4 Å². The smallest absolute Gasteiger partial charge is 0.323 e. The number of benzene rings is 2. The Morgan fingerprint density at radius 3 is 2.48 bits per heavy atom. The van der Waals surface area contributed by atoms with Crippen LogP contribution in [-0.4, -0.2) is 39.5 Å². The van der Waals surface area contributed by atoms with Crippen molar-refractivity contribution in [3.8, 4) is 11.3 Å². The molecule has 4 nitrogen and oxygen atoms in total. The molecule has 2 aromatic carbocycles. The van der Waals surface area contributed by atoms with Crippen LogP contribution >= 0.6 is 23.8 Å². The molecule has 0 radical (unpaired) electrons. The number of aliphatic carboxylic acids is 1. The Kier molecular flexibility index (Phi) is 5.44. The molecule has 1 aromatic heterocycles. The maximum absolute atomic E-state index is 11.1. The van der Waals surface area contributed by atoms with E-state index in [1.54, 1.807) is 11.9 Å². The minimum Gasteiger partial charge on any atom is -0.480 e. The van der Waals surface area contributed by atoms with Crippen molar-refractivity contribution in [1.82, 2.24) is 9.88 Å². The zero-order valence-electron chi connectivity index (χ0n) is 15.3. The molecule has 3 rings (SSSR count). The number of hydrogen-bond donors (Lipinski definition) is 1. The van der Waals surface area contributed by atoms with E-state index in [1.165, 1.54) is 0 Å². The SMILES string of the molecule is Cc1ccc2c(C(=S)N(C)CC(=O)O)cc(-c3ccc(Cl)cc3)nc2c1C. The molecule has 27 heavy (non-hydrogen) atoms. The third kappa shape index (κ3) is 3.94. The van der Waals surface area contributed by atoms with E-state index in [9.17, 15) is 4.79 Å². The second-order valence-electron chi connectivity index (χ2n) is 6.52. The molecule has 0 bridgehead atoms. The number of likely N-dealkylation sites (N-methyl/N-ethyl adjacent to an activating group) is 1. The van der Waals surface area contributed by atoms with Crippen LogP contribution in [-0.2, 0) is 4.79 Å². The molecule has 6 heteroatoms. The van der Waals surface area contributed by atoms with Crippen LogP contribution in [0, 0.1) is 13.8 Å². The van der Waals surface area contributed by atoms with Gasteiger partial charge >= 0.3 is 5.97 Å². The standard InChI is InChI=1S/C21H19ClN2O2S/c1-12-4-9-16-17(21(27)24(3)11-19(25)26)10-18(23-20(16)13(12)2)14-5-7-15(22)8-6-14/h4-10H,11H2,1-3H3,(H,25,26). The molecule has 0 atom stereocenters. The number of aryl methyl sites for hydroxylation is 2. The van der Waals surface area contributed by atoms with E-state index in [0.29, 0.717) is 10.0 Å². The van der Waals surface area contributed by atoms with Crippen molar-refractivity contribution in [2.75, 3.05) is 13.6 Å². The van der Waals surface area contributed by atoms with E-state index in [2.05, 4.69) is 0 Å². The zero-order valence-corrected chi connectivity index (χ0v) is 16.9. The molecule has 138 valence electrons. The Balaban J connectivity index is 2.24. The fourth-order valence-corrected chi connectivity index (χ4v) is 3.31. The van der Waals surface area contributed by atoms with Gasteiger partial charge in [-0.1, -0.05) is 48.1 Å². The summed E-state index contributed by atoms with van der Waals surface area (Å²) in [5.74, 6) is -0.928. The van der Waals surface area contributed by atoms with Gasteiger partial charge in [0.05, 0.1) is 11.2 Å². The van der Waals surface area contributed by atoms with Crippen molar-refractivity contribution in [3.05, 3.63) is 64.2 Å². The molecular weight excluding hydrogens is 380 g/mol. The fourth-order valence-electron chi connectivity index (χ4n) is 2.96. The molecule has 0 unspecified atom stereocenters. The summed E-state index contributed by atoms with van der Waals surface area (Å²) in [4.78, 5) is 18.0. The molecule has 3 aromatic rings. The maximum atomic E-state index is 11.1. The van der Waals surface area contributed by atoms with Gasteiger partial charge in [-0.2, -0.15) is 0 Å². The zero-order chi connectivity index (χ0) is 19.7. The number of carboxylic acids is 1. The van der Waals surface area contributed by atoms with Crippen LogP contribution in [0.15, 0.2) is 42.5 Å². The Hall–Kier alpha value is -2.50. The molecule has 0 fully saturated rings. The molecule has 0 aliphatic rings. The molecule has 0 saturated heterocycles. The highest BCUT2D eigenvalue weighted by atomic mass is 35.5. The highest BCUT2D eigenvalue weighted by Gasteiger charge is 2.17. The number of aromatic nitrogens is 1. The van der Waals surface area contributed by atoms with Crippen molar-refractivity contribution >= 4 is 45.7 Å². The van der Waals surface area contributed by atoms with E-state index in [1.807, 2.05) is 56.3 Å². The quantitative estimate of drug-likeness (QED) is 0.636. The second kappa shape index (κ2) is 7.62. The number of halogens is 1. The Morgan fingerprint density at radius 1 is 1.19 bits per heavy atom. The van der Waals surface area contributed by atoms with Crippen molar-refractivity contribution < 1.29 is 9.90 Å². The molecule has 1 N–H and O–H groups in total. The monoisotopic (exact) mass is 398 g/mol. The summed E-state index contributed by atoms with van der Waals surface area (Å²) in [6.45, 7) is 3.91. The van der Waals surface area contributed by atoms with Gasteiger partial charge in [0.15, 0.2) is 0 Å². The summed E-state index contributed by atoms with van der Waals surface area (Å²) in [7, 11) is 1.69. The molecule has 0 amide bonds. The molecule has 0 aliphatic carbocycles. The molecule has 1 heterocycles. The summed E-state index contributed by atoms with van der Waals surface area (Å²) in [5.41, 5.74) is 5.57. The highest BCUT2D eigenvalue weighted by molar-refractivity contribution is 7.80. The van der Waals surface area contributed by atoms with Gasteiger partial charge in [-0.3, -0.25) is 4.79 Å². The van der Waals surface area contributed by atoms with Crippen LogP contribution in [0.2, 0.25) is 5.02 Å². The van der Waals surface area contributed by atoms with Gasteiger partial charge < -0.3 is 10.0 Å². The number of thiocarbonyl (C=S) groups is 1. The predicted molar refractivity (Wildman–Crippen MR) is 114 cm³/mol. The number of pyridine rings is 1. The molecule has 0 saturated carbocycles. The minimum absolute atomic E-state index is 0.163. The van der Waals surface area contributed by atoms with Crippen molar-refractivity contribution in [3.63, 3.8) is 0 Å². The maximum Gasteiger partial charge on any atom is 0.323 e. The first-order chi connectivity index (χ1) is 12.8. The van der Waals surface area contributed by atoms with Crippen molar-refractivity contribution in [1.29, 1.82) is 0 Å². The lowest BCUT2D eigenvalue weighted by atomic mass is 9.99. The number of carboxylic acid groups (broad SMARTS) is 1. The van der Waals surface area contributed by atoms with Crippen molar-refractivity contribution in [2.45, 2.75) is 13.8 Å². The first-order valence-corrected chi connectivity index (χ1v) is 9.20. The van der Waals surface area contributed by atoms with E-state index >= 15 is 0 Å². The average Bonchev–Trinajstić information content (AvgIpc) is 2.63. The highest BCUT2D eigenvalue weighted by Crippen LogP contribution is 2.29. The summed E-state index contributed by atoms with van der Waals surface area (Å²) in [5, 5.41) is 10.7. The van der Waals surface area contributed by atoms with Crippen LogP contribution in [0.3, 0.4) is 0 Å². The van der Waals surface area contributed by atoms with E-state index in [0.717, 1.165) is 38.9 Å². The van der Waals surface area contributed by atoms with E-state index in [-0.39, 0.29) is 6.54 Å². The first-order valence-electron chi connectivity index (χ1n) is 8.42. The summed E-state index contributed by atoms with van der Waals surface area (Å²) in [6.07, 6.45) is 0. The van der Waals surface area contributed by atoms with Gasteiger partial charge in [0.2, 0.25) is 0 Å². The fraction of sp³-hybridized carbons (Fsp3) is 0.190. The van der Waals surface area contributed by atoms with Gasteiger partial charge in [-0.15, -0.1) is 0 Å². The third-order valence-electron chi connectivity index (χ3n) is 4.59. The van der Waals surface area contributed by atoms with Crippen LogP contribution in [0.25, 0.3) is 22.2 Å². The van der Waals surface area contributed by atoms with Crippen LogP contribution < -0.4 is 0 Å². The first kappa shape index (κ1) is 19.3. The Bertz CT molecular complexity index is 1050. The summed E-state index contributed by atoms with van der Waals surface area (Å²) in [6, 6.07) is 13.4. The number of carbonyl (C=O) groups is 1. The number of nitrogens with zero attached hydrogens (tertiary/aromatic N) is 2. The van der Waals surface area contributed by atoms with E-state index in [4.69, 9.17) is 33.9 Å². The third-order valence-corrected chi connectivity index (χ3v) is 5.38. The van der Waals surface area contributed by atoms with Crippen molar-refractivity contribution in [2.24, 2.45) is 0 Å². The van der Waals surface area contributed by atoms with Crippen LogP contribution in [0.4, 0.5) is 0 Å². The lowest BCUT2D eigenvalue weighted by Gasteiger charge is -2.20. The largest absolute Gasteiger partial charge is 0.480 e. The number of hydrogen-bond acceptors (Lipinski definition) is 3. The van der Waals surface area contributed by atoms with Gasteiger partial charge in [-0.05, 0) is 43.2 Å². The van der Waals surface area contributed by atoms with Crippen LogP contribution in [0.1, 0.15) is 16.7 Å². The summed E-state index contributed by atoms with van der Waals surface area (Å²) >= 11 is 11.6. The number of fused-ring (bicyclic) bond motifs is 1.